The summed E-state index contributed by atoms with van der Waals surface area (Å²) in [6, 6.07) is 1.62. The van der Waals surface area contributed by atoms with E-state index in [1.807, 2.05) is 0 Å². The fraction of sp³-hybridized carbons (Fsp3) is 0.667. The van der Waals surface area contributed by atoms with Crippen LogP contribution in [0.1, 0.15) is 48.4 Å². The lowest BCUT2D eigenvalue weighted by Gasteiger charge is -2.33. The van der Waals surface area contributed by atoms with Gasteiger partial charge in [-0.3, -0.25) is 4.79 Å². The third-order valence-electron chi connectivity index (χ3n) is 3.30. The number of amides is 1. The van der Waals surface area contributed by atoms with E-state index in [1.54, 1.807) is 13.0 Å². The van der Waals surface area contributed by atoms with Gasteiger partial charge in [-0.25, -0.2) is 0 Å². The molecule has 0 atom stereocenters. The number of carbonyl (C=O) groups excluding carboxylic acids is 1. The average Bonchev–Trinajstić information content (AvgIpc) is 2.74. The molecule has 1 aromatic heterocycles. The molecule has 0 spiro atoms. The lowest BCUT2D eigenvalue weighted by molar-refractivity contribution is 0.0900. The third kappa shape index (κ3) is 3.71. The molecule has 0 unspecified atom stereocenters. The van der Waals surface area contributed by atoms with E-state index in [0.717, 1.165) is 25.7 Å². The molecular formula is C12H20ClN3O2. The number of aryl methyl sites for hydroxylation is 1. The van der Waals surface area contributed by atoms with Gasteiger partial charge < -0.3 is 15.6 Å². The monoisotopic (exact) mass is 273 g/mol. The number of aromatic nitrogens is 1. The Labute approximate surface area is 113 Å². The molecular weight excluding hydrogens is 254 g/mol. The lowest BCUT2D eigenvalue weighted by Crippen LogP contribution is -2.51. The van der Waals surface area contributed by atoms with Gasteiger partial charge in [-0.05, 0) is 19.8 Å². The highest BCUT2D eigenvalue weighted by Crippen LogP contribution is 2.25. The molecule has 0 radical (unpaired) electrons. The van der Waals surface area contributed by atoms with Gasteiger partial charge in [-0.1, -0.05) is 24.4 Å². The number of hydrogen-bond donors (Lipinski definition) is 2. The number of nitrogens with one attached hydrogen (secondary N) is 1. The minimum Gasteiger partial charge on any atom is -0.351 e. The van der Waals surface area contributed by atoms with Crippen LogP contribution in [0.3, 0.4) is 0 Å². The highest BCUT2D eigenvalue weighted by atomic mass is 35.5. The second-order valence-electron chi connectivity index (χ2n) is 4.94. The Morgan fingerprint density at radius 3 is 2.72 bits per heavy atom. The smallest absolute Gasteiger partial charge is 0.289 e. The first-order valence-corrected chi connectivity index (χ1v) is 6.09. The molecule has 102 valence electrons. The summed E-state index contributed by atoms with van der Waals surface area (Å²) in [4.78, 5) is 11.7. The van der Waals surface area contributed by atoms with Crippen molar-refractivity contribution in [1.29, 1.82) is 0 Å². The van der Waals surface area contributed by atoms with E-state index in [1.165, 1.54) is 6.42 Å². The molecule has 1 saturated carbocycles. The van der Waals surface area contributed by atoms with Crippen LogP contribution in [0.15, 0.2) is 10.6 Å². The van der Waals surface area contributed by atoms with Crippen molar-refractivity contribution in [2.24, 2.45) is 5.73 Å². The Morgan fingerprint density at radius 1 is 1.50 bits per heavy atom. The number of rotatable bonds is 3. The Hall–Kier alpha value is -1.07. The van der Waals surface area contributed by atoms with Crippen molar-refractivity contribution >= 4 is 18.3 Å². The largest absolute Gasteiger partial charge is 0.351 e. The maximum atomic E-state index is 11.7. The van der Waals surface area contributed by atoms with Gasteiger partial charge in [0.05, 0.1) is 5.69 Å². The first kappa shape index (κ1) is 15.0. The predicted molar refractivity (Wildman–Crippen MR) is 70.8 cm³/mol. The van der Waals surface area contributed by atoms with E-state index in [2.05, 4.69) is 10.5 Å². The van der Waals surface area contributed by atoms with Crippen LogP contribution >= 0.6 is 12.4 Å². The molecule has 6 heteroatoms. The molecule has 1 aliphatic carbocycles. The third-order valence-corrected chi connectivity index (χ3v) is 3.30. The van der Waals surface area contributed by atoms with Gasteiger partial charge in [-0.2, -0.15) is 0 Å². The van der Waals surface area contributed by atoms with Crippen molar-refractivity contribution in [3.63, 3.8) is 0 Å². The zero-order chi connectivity index (χ0) is 12.3. The van der Waals surface area contributed by atoms with E-state index in [4.69, 9.17) is 10.3 Å². The highest BCUT2D eigenvalue weighted by molar-refractivity contribution is 5.91. The van der Waals surface area contributed by atoms with Crippen LogP contribution in [0.2, 0.25) is 0 Å². The highest BCUT2D eigenvalue weighted by Gasteiger charge is 2.28. The molecule has 3 N–H and O–H groups in total. The Bertz CT molecular complexity index is 400. The summed E-state index contributed by atoms with van der Waals surface area (Å²) in [7, 11) is 0. The van der Waals surface area contributed by atoms with E-state index in [-0.39, 0.29) is 29.6 Å². The summed E-state index contributed by atoms with van der Waals surface area (Å²) in [5.41, 5.74) is 6.69. The Balaban J connectivity index is 0.00000162. The second kappa shape index (κ2) is 6.20. The summed E-state index contributed by atoms with van der Waals surface area (Å²) < 4.78 is 4.90. The molecule has 1 heterocycles. The number of hydrogen-bond acceptors (Lipinski definition) is 4. The van der Waals surface area contributed by atoms with E-state index < -0.39 is 0 Å². The summed E-state index contributed by atoms with van der Waals surface area (Å²) in [5.74, 6) is 0.0166. The maximum absolute atomic E-state index is 11.7. The quantitative estimate of drug-likeness (QED) is 0.880. The summed E-state index contributed by atoms with van der Waals surface area (Å²) in [5, 5.41) is 6.51. The van der Waals surface area contributed by atoms with E-state index >= 15 is 0 Å². The number of carbonyl (C=O) groups is 1. The SMILES string of the molecule is Cc1cc(C(=O)NCC2(N)CCCCC2)on1.Cl. The van der Waals surface area contributed by atoms with Crippen LogP contribution in [0.4, 0.5) is 0 Å². The van der Waals surface area contributed by atoms with Crippen molar-refractivity contribution in [3.05, 3.63) is 17.5 Å². The van der Waals surface area contributed by atoms with Crippen LogP contribution < -0.4 is 11.1 Å². The van der Waals surface area contributed by atoms with Crippen LogP contribution in [0.25, 0.3) is 0 Å². The van der Waals surface area contributed by atoms with Gasteiger partial charge in [0.1, 0.15) is 0 Å². The van der Waals surface area contributed by atoms with Crippen molar-refractivity contribution in [2.45, 2.75) is 44.6 Å². The molecule has 18 heavy (non-hydrogen) atoms. The van der Waals surface area contributed by atoms with Crippen molar-refractivity contribution in [3.8, 4) is 0 Å². The molecule has 1 amide bonds. The Morgan fingerprint density at radius 2 is 2.17 bits per heavy atom. The van der Waals surface area contributed by atoms with Crippen LogP contribution in [-0.4, -0.2) is 23.1 Å². The predicted octanol–water partition coefficient (Wildman–Crippen LogP) is 1.80. The molecule has 0 aromatic carbocycles. The first-order valence-electron chi connectivity index (χ1n) is 6.09. The van der Waals surface area contributed by atoms with Crippen molar-refractivity contribution in [2.75, 3.05) is 6.54 Å². The second-order valence-corrected chi connectivity index (χ2v) is 4.94. The van der Waals surface area contributed by atoms with E-state index in [9.17, 15) is 4.79 Å². The normalized spacial score (nSPS) is 17.9. The van der Waals surface area contributed by atoms with Gasteiger partial charge in [0.25, 0.3) is 5.91 Å². The minimum atomic E-state index is -0.247. The zero-order valence-electron chi connectivity index (χ0n) is 10.6. The topological polar surface area (TPSA) is 81.2 Å². The fourth-order valence-corrected chi connectivity index (χ4v) is 2.25. The molecule has 5 nitrogen and oxygen atoms in total. The Kier molecular flexibility index (Phi) is 5.16. The van der Waals surface area contributed by atoms with E-state index in [0.29, 0.717) is 12.2 Å². The molecule has 0 saturated heterocycles. The van der Waals surface area contributed by atoms with Gasteiger partial charge >= 0.3 is 0 Å². The first-order chi connectivity index (χ1) is 8.09. The standard InChI is InChI=1S/C12H19N3O2.ClH/c1-9-7-10(17-15-9)11(16)14-8-12(13)5-3-2-4-6-12;/h7H,2-6,8,13H2,1H3,(H,14,16);1H. The van der Waals surface area contributed by atoms with Gasteiger partial charge in [-0.15, -0.1) is 12.4 Å². The number of halogens is 1. The van der Waals surface area contributed by atoms with Crippen molar-refractivity contribution in [1.82, 2.24) is 10.5 Å². The number of nitrogens with zero attached hydrogens (tertiary/aromatic N) is 1. The molecule has 0 bridgehead atoms. The average molecular weight is 274 g/mol. The molecule has 1 fully saturated rings. The molecule has 0 aliphatic heterocycles. The lowest BCUT2D eigenvalue weighted by atomic mass is 9.82. The summed E-state index contributed by atoms with van der Waals surface area (Å²) in [6.07, 6.45) is 5.49. The minimum absolute atomic E-state index is 0. The molecule has 1 aliphatic rings. The van der Waals surface area contributed by atoms with Crippen LogP contribution in [0, 0.1) is 6.92 Å². The van der Waals surface area contributed by atoms with Gasteiger partial charge in [0.15, 0.2) is 0 Å². The number of nitrogens with two attached hydrogens (primary N) is 1. The maximum Gasteiger partial charge on any atom is 0.289 e. The molecule has 2 rings (SSSR count). The summed E-state index contributed by atoms with van der Waals surface area (Å²) in [6.45, 7) is 2.29. The van der Waals surface area contributed by atoms with Gasteiger partial charge in [0, 0.05) is 18.2 Å². The summed E-state index contributed by atoms with van der Waals surface area (Å²) >= 11 is 0. The zero-order valence-corrected chi connectivity index (χ0v) is 11.4. The molecule has 1 aromatic rings. The van der Waals surface area contributed by atoms with Crippen molar-refractivity contribution < 1.29 is 9.32 Å². The van der Waals surface area contributed by atoms with Gasteiger partial charge in [0.2, 0.25) is 5.76 Å². The fourth-order valence-electron chi connectivity index (χ4n) is 2.25. The van der Waals surface area contributed by atoms with Crippen LogP contribution in [-0.2, 0) is 0 Å². The van der Waals surface area contributed by atoms with Crippen LogP contribution in [0.5, 0.6) is 0 Å².